The lowest BCUT2D eigenvalue weighted by atomic mass is 10.3. The van der Waals surface area contributed by atoms with Crippen LogP contribution in [0.3, 0.4) is 0 Å². The molecule has 0 radical (unpaired) electrons. The van der Waals surface area contributed by atoms with Crippen LogP contribution in [0.4, 0.5) is 5.00 Å². The third-order valence-corrected chi connectivity index (χ3v) is 3.97. The molecule has 1 aromatic rings. The number of thiophene rings is 1. The summed E-state index contributed by atoms with van der Waals surface area (Å²) in [4.78, 5) is 9.35. The van der Waals surface area contributed by atoms with Crippen LogP contribution in [0.25, 0.3) is 0 Å². The van der Waals surface area contributed by atoms with Crippen molar-refractivity contribution in [3.8, 4) is 0 Å². The molecule has 0 aliphatic carbocycles. The van der Waals surface area contributed by atoms with Crippen LogP contribution >= 0.6 is 11.3 Å². The average Bonchev–Trinajstić information content (AvgIpc) is 2.93. The van der Waals surface area contributed by atoms with E-state index in [-0.39, 0.29) is 0 Å². The largest absolute Gasteiger partial charge is 0.360 e. The molecule has 4 nitrogen and oxygen atoms in total. The summed E-state index contributed by atoms with van der Waals surface area (Å²) in [6, 6.07) is 4.32. The van der Waals surface area contributed by atoms with Crippen molar-refractivity contribution >= 4 is 22.3 Å². The van der Waals surface area contributed by atoms with Gasteiger partial charge in [-0.05, 0) is 31.4 Å². The molecule has 1 N–H and O–H groups in total. The van der Waals surface area contributed by atoms with Crippen LogP contribution in [0.2, 0.25) is 0 Å². The Morgan fingerprint density at radius 2 is 2.11 bits per heavy atom. The number of aliphatic imine (C=N–C) groups is 1. The summed E-state index contributed by atoms with van der Waals surface area (Å²) in [7, 11) is 0. The van der Waals surface area contributed by atoms with Gasteiger partial charge in [-0.25, -0.2) is 0 Å². The summed E-state index contributed by atoms with van der Waals surface area (Å²) < 4.78 is 0. The minimum atomic E-state index is 0.841. The Bertz CT molecular complexity index is 366. The first-order chi connectivity index (χ1) is 8.85. The molecule has 1 aromatic heterocycles. The Kier molecular flexibility index (Phi) is 4.87. The van der Waals surface area contributed by atoms with Crippen LogP contribution < -0.4 is 10.2 Å². The topological polar surface area (TPSA) is 30.9 Å². The minimum absolute atomic E-state index is 0.841. The van der Waals surface area contributed by atoms with Gasteiger partial charge in [-0.1, -0.05) is 0 Å². The second-order valence-corrected chi connectivity index (χ2v) is 5.18. The molecular formula is C13H22N4S. The van der Waals surface area contributed by atoms with Gasteiger partial charge in [-0.2, -0.15) is 0 Å². The molecular weight excluding hydrogens is 244 g/mol. The zero-order valence-electron chi connectivity index (χ0n) is 11.2. The van der Waals surface area contributed by atoms with Crippen molar-refractivity contribution in [3.05, 3.63) is 17.5 Å². The fraction of sp³-hybridized carbons (Fsp3) is 0.615. The number of guanidine groups is 1. The van der Waals surface area contributed by atoms with E-state index in [9.17, 15) is 0 Å². The standard InChI is InChI=1S/C13H22N4S/c1-3-14-13(15-4-2)17-9-7-16(8-10-17)12-6-5-11-18-12/h5-6,11H,3-4,7-10H2,1-2H3,(H,14,15). The van der Waals surface area contributed by atoms with Crippen molar-refractivity contribution in [2.75, 3.05) is 44.2 Å². The quantitative estimate of drug-likeness (QED) is 0.669. The highest BCUT2D eigenvalue weighted by Crippen LogP contribution is 2.22. The first-order valence-corrected chi connectivity index (χ1v) is 7.54. The SMILES string of the molecule is CCN=C(NCC)N1CCN(c2cccs2)CC1. The van der Waals surface area contributed by atoms with Gasteiger partial charge in [0.25, 0.3) is 0 Å². The van der Waals surface area contributed by atoms with Gasteiger partial charge < -0.3 is 15.1 Å². The molecule has 0 unspecified atom stereocenters. The molecule has 0 atom stereocenters. The molecule has 1 aliphatic rings. The lowest BCUT2D eigenvalue weighted by Gasteiger charge is -2.37. The maximum absolute atomic E-state index is 4.54. The van der Waals surface area contributed by atoms with Crippen molar-refractivity contribution in [1.29, 1.82) is 0 Å². The first kappa shape index (κ1) is 13.2. The van der Waals surface area contributed by atoms with E-state index in [4.69, 9.17) is 0 Å². The monoisotopic (exact) mass is 266 g/mol. The fourth-order valence-electron chi connectivity index (χ4n) is 2.16. The lowest BCUT2D eigenvalue weighted by molar-refractivity contribution is 0.374. The van der Waals surface area contributed by atoms with Crippen molar-refractivity contribution in [3.63, 3.8) is 0 Å². The molecule has 0 spiro atoms. The molecule has 1 aliphatic heterocycles. The van der Waals surface area contributed by atoms with E-state index in [0.29, 0.717) is 0 Å². The maximum atomic E-state index is 4.54. The number of anilines is 1. The second kappa shape index (κ2) is 6.64. The van der Waals surface area contributed by atoms with Crippen molar-refractivity contribution in [2.24, 2.45) is 4.99 Å². The van der Waals surface area contributed by atoms with Crippen LogP contribution in [0, 0.1) is 0 Å². The zero-order chi connectivity index (χ0) is 12.8. The van der Waals surface area contributed by atoms with Gasteiger partial charge in [0.15, 0.2) is 5.96 Å². The van der Waals surface area contributed by atoms with E-state index >= 15 is 0 Å². The molecule has 1 saturated heterocycles. The summed E-state index contributed by atoms with van der Waals surface area (Å²) in [6.45, 7) is 10.2. The van der Waals surface area contributed by atoms with Crippen LogP contribution in [0.15, 0.2) is 22.5 Å². The Morgan fingerprint density at radius 1 is 1.33 bits per heavy atom. The molecule has 2 heterocycles. The van der Waals surface area contributed by atoms with Gasteiger partial charge >= 0.3 is 0 Å². The Labute approximate surface area is 113 Å². The second-order valence-electron chi connectivity index (χ2n) is 4.25. The lowest BCUT2D eigenvalue weighted by Crippen LogP contribution is -2.52. The van der Waals surface area contributed by atoms with Gasteiger partial charge in [-0.3, -0.25) is 4.99 Å². The maximum Gasteiger partial charge on any atom is 0.194 e. The Hall–Kier alpha value is -1.23. The van der Waals surface area contributed by atoms with Gasteiger partial charge in [-0.15, -0.1) is 11.3 Å². The molecule has 1 fully saturated rings. The summed E-state index contributed by atoms with van der Waals surface area (Å²) in [5.41, 5.74) is 0. The molecule has 18 heavy (non-hydrogen) atoms. The van der Waals surface area contributed by atoms with E-state index in [1.807, 2.05) is 11.3 Å². The number of nitrogens with zero attached hydrogens (tertiary/aromatic N) is 3. The summed E-state index contributed by atoms with van der Waals surface area (Å²) >= 11 is 1.82. The molecule has 0 saturated carbocycles. The van der Waals surface area contributed by atoms with Crippen molar-refractivity contribution in [1.82, 2.24) is 10.2 Å². The molecule has 0 aromatic carbocycles. The van der Waals surface area contributed by atoms with E-state index in [1.165, 1.54) is 5.00 Å². The summed E-state index contributed by atoms with van der Waals surface area (Å²) in [5, 5.41) is 6.89. The van der Waals surface area contributed by atoms with Gasteiger partial charge in [0.1, 0.15) is 0 Å². The molecule has 100 valence electrons. The fourth-order valence-corrected chi connectivity index (χ4v) is 2.95. The number of piperazine rings is 1. The zero-order valence-corrected chi connectivity index (χ0v) is 12.0. The van der Waals surface area contributed by atoms with Gasteiger partial charge in [0.2, 0.25) is 0 Å². The first-order valence-electron chi connectivity index (χ1n) is 6.66. The molecule has 0 bridgehead atoms. The number of hydrogen-bond acceptors (Lipinski definition) is 3. The Balaban J connectivity index is 1.91. The van der Waals surface area contributed by atoms with E-state index in [0.717, 1.165) is 45.2 Å². The van der Waals surface area contributed by atoms with E-state index in [1.54, 1.807) is 0 Å². The van der Waals surface area contributed by atoms with Crippen molar-refractivity contribution < 1.29 is 0 Å². The highest BCUT2D eigenvalue weighted by atomic mass is 32.1. The van der Waals surface area contributed by atoms with Crippen LogP contribution in [0.1, 0.15) is 13.8 Å². The third-order valence-electron chi connectivity index (χ3n) is 3.04. The summed E-state index contributed by atoms with van der Waals surface area (Å²) in [6.07, 6.45) is 0. The third kappa shape index (κ3) is 3.16. The van der Waals surface area contributed by atoms with E-state index in [2.05, 4.69) is 51.5 Å². The van der Waals surface area contributed by atoms with Gasteiger partial charge in [0.05, 0.1) is 5.00 Å². The number of rotatable bonds is 3. The van der Waals surface area contributed by atoms with Crippen LogP contribution in [0.5, 0.6) is 0 Å². The minimum Gasteiger partial charge on any atom is -0.360 e. The highest BCUT2D eigenvalue weighted by Gasteiger charge is 2.19. The van der Waals surface area contributed by atoms with Gasteiger partial charge in [0, 0.05) is 39.3 Å². The number of nitrogens with one attached hydrogen (secondary N) is 1. The molecule has 5 heteroatoms. The predicted octanol–water partition coefficient (Wildman–Crippen LogP) is 1.86. The van der Waals surface area contributed by atoms with E-state index < -0.39 is 0 Å². The predicted molar refractivity (Wildman–Crippen MR) is 79.8 cm³/mol. The number of hydrogen-bond donors (Lipinski definition) is 1. The molecule has 0 amide bonds. The average molecular weight is 266 g/mol. The van der Waals surface area contributed by atoms with Crippen LogP contribution in [-0.2, 0) is 0 Å². The van der Waals surface area contributed by atoms with Crippen LogP contribution in [-0.4, -0.2) is 50.1 Å². The summed E-state index contributed by atoms with van der Waals surface area (Å²) in [5.74, 6) is 1.06. The normalized spacial score (nSPS) is 17.1. The highest BCUT2D eigenvalue weighted by molar-refractivity contribution is 7.14. The van der Waals surface area contributed by atoms with Crippen molar-refractivity contribution in [2.45, 2.75) is 13.8 Å². The Morgan fingerprint density at radius 3 is 2.67 bits per heavy atom. The smallest absolute Gasteiger partial charge is 0.194 e. The molecule has 2 rings (SSSR count).